The number of hydrogen-bond donors (Lipinski definition) is 1. The molecule has 1 aliphatic carbocycles. The average Bonchev–Trinajstić information content (AvgIpc) is 2.71. The average molecular weight is 197 g/mol. The second-order valence-electron chi connectivity index (χ2n) is 3.61. The highest BCUT2D eigenvalue weighted by molar-refractivity contribution is 7.71. The SMILES string of the molecule is CCn1c(C2CCCC2)n[nH]c1=S. The number of aromatic nitrogens is 3. The summed E-state index contributed by atoms with van der Waals surface area (Å²) in [4.78, 5) is 0. The zero-order valence-electron chi connectivity index (χ0n) is 7.92. The summed E-state index contributed by atoms with van der Waals surface area (Å²) < 4.78 is 2.88. The van der Waals surface area contributed by atoms with Gasteiger partial charge in [0, 0.05) is 12.5 Å². The molecule has 1 aliphatic rings. The van der Waals surface area contributed by atoms with Crippen LogP contribution in [0, 0.1) is 4.77 Å². The van der Waals surface area contributed by atoms with Crippen LogP contribution >= 0.6 is 12.2 Å². The first-order valence-electron chi connectivity index (χ1n) is 4.98. The molecular weight excluding hydrogens is 182 g/mol. The van der Waals surface area contributed by atoms with Crippen molar-refractivity contribution < 1.29 is 0 Å². The molecule has 0 unspecified atom stereocenters. The van der Waals surface area contributed by atoms with E-state index in [1.807, 2.05) is 0 Å². The summed E-state index contributed by atoms with van der Waals surface area (Å²) in [5, 5.41) is 7.20. The van der Waals surface area contributed by atoms with Crippen LogP contribution in [-0.4, -0.2) is 14.8 Å². The molecule has 1 aromatic rings. The van der Waals surface area contributed by atoms with Crippen molar-refractivity contribution in [1.82, 2.24) is 14.8 Å². The second-order valence-corrected chi connectivity index (χ2v) is 4.00. The summed E-state index contributed by atoms with van der Waals surface area (Å²) in [6, 6.07) is 0. The molecule has 0 aliphatic heterocycles. The molecule has 1 aromatic heterocycles. The lowest BCUT2D eigenvalue weighted by Crippen LogP contribution is -2.05. The molecular formula is C9H15N3S. The maximum atomic E-state index is 5.15. The molecule has 0 bridgehead atoms. The van der Waals surface area contributed by atoms with Gasteiger partial charge in [0.1, 0.15) is 5.82 Å². The van der Waals surface area contributed by atoms with E-state index >= 15 is 0 Å². The molecule has 2 rings (SSSR count). The number of nitrogens with zero attached hydrogens (tertiary/aromatic N) is 2. The normalized spacial score (nSPS) is 18.2. The maximum absolute atomic E-state index is 5.15. The van der Waals surface area contributed by atoms with Gasteiger partial charge in [-0.3, -0.25) is 5.10 Å². The fourth-order valence-corrected chi connectivity index (χ4v) is 2.40. The third-order valence-electron chi connectivity index (χ3n) is 2.82. The van der Waals surface area contributed by atoms with Crippen molar-refractivity contribution in [2.45, 2.75) is 45.1 Å². The minimum Gasteiger partial charge on any atom is -0.304 e. The minimum absolute atomic E-state index is 0.646. The Morgan fingerprint density at radius 1 is 1.54 bits per heavy atom. The van der Waals surface area contributed by atoms with Crippen LogP contribution < -0.4 is 0 Å². The highest BCUT2D eigenvalue weighted by Gasteiger charge is 2.21. The lowest BCUT2D eigenvalue weighted by molar-refractivity contribution is 0.596. The number of hydrogen-bond acceptors (Lipinski definition) is 2. The molecule has 4 heteroatoms. The molecule has 13 heavy (non-hydrogen) atoms. The molecule has 72 valence electrons. The van der Waals surface area contributed by atoms with E-state index in [9.17, 15) is 0 Å². The smallest absolute Gasteiger partial charge is 0.195 e. The van der Waals surface area contributed by atoms with E-state index < -0.39 is 0 Å². The van der Waals surface area contributed by atoms with E-state index in [-0.39, 0.29) is 0 Å². The van der Waals surface area contributed by atoms with Crippen molar-refractivity contribution in [3.05, 3.63) is 10.6 Å². The van der Waals surface area contributed by atoms with Crippen LogP contribution in [0.15, 0.2) is 0 Å². The maximum Gasteiger partial charge on any atom is 0.195 e. The van der Waals surface area contributed by atoms with E-state index in [1.54, 1.807) is 0 Å². The van der Waals surface area contributed by atoms with Crippen molar-refractivity contribution in [2.75, 3.05) is 0 Å². The lowest BCUT2D eigenvalue weighted by Gasteiger charge is -2.08. The van der Waals surface area contributed by atoms with Crippen molar-refractivity contribution in [2.24, 2.45) is 0 Å². The van der Waals surface area contributed by atoms with Gasteiger partial charge in [-0.2, -0.15) is 5.10 Å². The highest BCUT2D eigenvalue weighted by Crippen LogP contribution is 2.32. The summed E-state index contributed by atoms with van der Waals surface area (Å²) in [7, 11) is 0. The quantitative estimate of drug-likeness (QED) is 0.739. The number of H-pyrrole nitrogens is 1. The molecule has 0 radical (unpaired) electrons. The number of rotatable bonds is 2. The molecule has 0 amide bonds. The Morgan fingerprint density at radius 3 is 2.85 bits per heavy atom. The summed E-state index contributed by atoms with van der Waals surface area (Å²) in [6.07, 6.45) is 5.24. The monoisotopic (exact) mass is 197 g/mol. The van der Waals surface area contributed by atoms with Gasteiger partial charge in [0.05, 0.1) is 0 Å². The molecule has 1 fully saturated rings. The predicted molar refractivity (Wildman–Crippen MR) is 54.3 cm³/mol. The van der Waals surface area contributed by atoms with Gasteiger partial charge < -0.3 is 4.57 Å². The van der Waals surface area contributed by atoms with Crippen molar-refractivity contribution in [1.29, 1.82) is 0 Å². The van der Waals surface area contributed by atoms with E-state index in [1.165, 1.54) is 31.5 Å². The minimum atomic E-state index is 0.646. The molecule has 0 spiro atoms. The van der Waals surface area contributed by atoms with Gasteiger partial charge in [-0.25, -0.2) is 0 Å². The van der Waals surface area contributed by atoms with Crippen LogP contribution in [0.25, 0.3) is 0 Å². The first-order valence-corrected chi connectivity index (χ1v) is 5.39. The van der Waals surface area contributed by atoms with Gasteiger partial charge in [-0.15, -0.1) is 0 Å². The molecule has 1 saturated carbocycles. The Kier molecular flexibility index (Phi) is 2.49. The van der Waals surface area contributed by atoms with Crippen molar-refractivity contribution in [3.63, 3.8) is 0 Å². The summed E-state index contributed by atoms with van der Waals surface area (Å²) in [5.74, 6) is 1.82. The molecule has 0 saturated heterocycles. The first-order chi connectivity index (χ1) is 6.33. The highest BCUT2D eigenvalue weighted by atomic mass is 32.1. The fraction of sp³-hybridized carbons (Fsp3) is 0.778. The van der Waals surface area contributed by atoms with E-state index in [2.05, 4.69) is 21.7 Å². The molecule has 0 aromatic carbocycles. The van der Waals surface area contributed by atoms with E-state index in [0.717, 1.165) is 11.3 Å². The zero-order valence-corrected chi connectivity index (χ0v) is 8.73. The van der Waals surface area contributed by atoms with Gasteiger partial charge in [0.15, 0.2) is 4.77 Å². The van der Waals surface area contributed by atoms with Gasteiger partial charge in [-0.05, 0) is 32.0 Å². The standard InChI is InChI=1S/C9H15N3S/c1-2-12-8(10-11-9(12)13)7-5-3-4-6-7/h7H,2-6H2,1H3,(H,11,13). The number of nitrogens with one attached hydrogen (secondary N) is 1. The zero-order chi connectivity index (χ0) is 9.26. The largest absolute Gasteiger partial charge is 0.304 e. The first kappa shape index (κ1) is 8.94. The van der Waals surface area contributed by atoms with E-state index in [4.69, 9.17) is 12.2 Å². The Balaban J connectivity index is 2.33. The predicted octanol–water partition coefficient (Wildman–Crippen LogP) is 2.62. The third kappa shape index (κ3) is 1.55. The Morgan fingerprint density at radius 2 is 2.23 bits per heavy atom. The van der Waals surface area contributed by atoms with Crippen LogP contribution in [0.5, 0.6) is 0 Å². The van der Waals surface area contributed by atoms with Crippen molar-refractivity contribution >= 4 is 12.2 Å². The molecule has 0 atom stereocenters. The number of aromatic amines is 1. The van der Waals surface area contributed by atoms with Gasteiger partial charge in [-0.1, -0.05) is 12.8 Å². The Labute approximate surface area is 83.2 Å². The lowest BCUT2D eigenvalue weighted by atomic mass is 10.1. The van der Waals surface area contributed by atoms with Crippen LogP contribution in [0.1, 0.15) is 44.3 Å². The summed E-state index contributed by atoms with van der Waals surface area (Å²) in [5.41, 5.74) is 0. The van der Waals surface area contributed by atoms with Gasteiger partial charge >= 0.3 is 0 Å². The van der Waals surface area contributed by atoms with Crippen LogP contribution in [0.2, 0.25) is 0 Å². The van der Waals surface area contributed by atoms with E-state index in [0.29, 0.717) is 5.92 Å². The fourth-order valence-electron chi connectivity index (χ4n) is 2.13. The van der Waals surface area contributed by atoms with Gasteiger partial charge in [0.25, 0.3) is 0 Å². The Bertz CT molecular complexity index is 333. The molecule has 1 heterocycles. The van der Waals surface area contributed by atoms with Crippen molar-refractivity contribution in [3.8, 4) is 0 Å². The molecule has 1 N–H and O–H groups in total. The van der Waals surface area contributed by atoms with Gasteiger partial charge in [0.2, 0.25) is 0 Å². The third-order valence-corrected chi connectivity index (χ3v) is 3.14. The summed E-state index contributed by atoms with van der Waals surface area (Å²) >= 11 is 5.15. The topological polar surface area (TPSA) is 33.6 Å². The van der Waals surface area contributed by atoms with Crippen LogP contribution in [-0.2, 0) is 6.54 Å². The second kappa shape index (κ2) is 3.62. The Hall–Kier alpha value is -0.640. The summed E-state index contributed by atoms with van der Waals surface area (Å²) in [6.45, 7) is 3.05. The van der Waals surface area contributed by atoms with Crippen LogP contribution in [0.3, 0.4) is 0 Å². The molecule has 3 nitrogen and oxygen atoms in total. The van der Waals surface area contributed by atoms with Crippen LogP contribution in [0.4, 0.5) is 0 Å².